The number of ether oxygens (including phenoxy) is 1. The summed E-state index contributed by atoms with van der Waals surface area (Å²) >= 11 is 5.69. The summed E-state index contributed by atoms with van der Waals surface area (Å²) in [6.45, 7) is 5.68. The van der Waals surface area contributed by atoms with Crippen LogP contribution in [0.25, 0.3) is 0 Å². The fraction of sp³-hybridized carbons (Fsp3) is 0.500. The molecule has 0 unspecified atom stereocenters. The molecule has 0 fully saturated rings. The Bertz CT molecular complexity index is 530. The maximum atomic E-state index is 11.4. The van der Waals surface area contributed by atoms with Gasteiger partial charge in [-0.05, 0) is 26.8 Å². The molecule has 0 aromatic carbocycles. The standard InChI is InChI=1S/C12H17ClN4O4/c1-12(2,3)16-11(18)21-7-6-14-10-8(17(19)20)4-5-9(13)15-10/h4-5H,6-7H2,1-3H3,(H,14,15)(H,16,18). The third-order valence-electron chi connectivity index (χ3n) is 2.14. The molecule has 8 nitrogen and oxygen atoms in total. The van der Waals surface area contributed by atoms with Gasteiger partial charge in [-0.2, -0.15) is 0 Å². The minimum atomic E-state index is -0.571. The first-order valence-electron chi connectivity index (χ1n) is 6.19. The number of amides is 1. The number of nitro groups is 1. The minimum absolute atomic E-state index is 0.0346. The van der Waals surface area contributed by atoms with E-state index in [9.17, 15) is 14.9 Å². The zero-order valence-electron chi connectivity index (χ0n) is 12.0. The lowest BCUT2D eigenvalue weighted by Gasteiger charge is -2.19. The van der Waals surface area contributed by atoms with Gasteiger partial charge in [-0.15, -0.1) is 0 Å². The van der Waals surface area contributed by atoms with Crippen LogP contribution in [0, 0.1) is 10.1 Å². The summed E-state index contributed by atoms with van der Waals surface area (Å²) in [6, 6.07) is 2.59. The van der Waals surface area contributed by atoms with E-state index in [1.54, 1.807) is 0 Å². The van der Waals surface area contributed by atoms with Gasteiger partial charge in [0.1, 0.15) is 11.8 Å². The molecule has 21 heavy (non-hydrogen) atoms. The normalized spacial score (nSPS) is 10.9. The van der Waals surface area contributed by atoms with Gasteiger partial charge in [0.25, 0.3) is 0 Å². The molecule has 0 spiro atoms. The Labute approximate surface area is 127 Å². The smallest absolute Gasteiger partial charge is 0.407 e. The summed E-state index contributed by atoms with van der Waals surface area (Å²) in [5, 5.41) is 16.3. The molecule has 0 radical (unpaired) electrons. The van der Waals surface area contributed by atoms with Crippen LogP contribution >= 0.6 is 11.6 Å². The molecular weight excluding hydrogens is 300 g/mol. The molecule has 1 amide bonds. The monoisotopic (exact) mass is 316 g/mol. The van der Waals surface area contributed by atoms with E-state index in [0.717, 1.165) is 0 Å². The molecule has 1 aromatic rings. The van der Waals surface area contributed by atoms with Gasteiger partial charge in [-0.1, -0.05) is 11.6 Å². The van der Waals surface area contributed by atoms with Crippen LogP contribution in [-0.2, 0) is 4.74 Å². The van der Waals surface area contributed by atoms with E-state index in [4.69, 9.17) is 16.3 Å². The van der Waals surface area contributed by atoms with E-state index in [1.807, 2.05) is 20.8 Å². The van der Waals surface area contributed by atoms with E-state index in [2.05, 4.69) is 15.6 Å². The van der Waals surface area contributed by atoms with E-state index in [0.29, 0.717) is 0 Å². The SMILES string of the molecule is CC(C)(C)NC(=O)OCCNc1nc(Cl)ccc1[N+](=O)[O-]. The first-order valence-corrected chi connectivity index (χ1v) is 6.56. The second kappa shape index (κ2) is 7.07. The molecular formula is C12H17ClN4O4. The van der Waals surface area contributed by atoms with E-state index >= 15 is 0 Å². The number of carbonyl (C=O) groups is 1. The predicted octanol–water partition coefficient (Wildman–Crippen LogP) is 2.58. The quantitative estimate of drug-likeness (QED) is 0.374. The van der Waals surface area contributed by atoms with Crippen molar-refractivity contribution in [2.24, 2.45) is 0 Å². The number of nitrogens with zero attached hydrogens (tertiary/aromatic N) is 2. The zero-order valence-corrected chi connectivity index (χ0v) is 12.7. The Hall–Kier alpha value is -2.09. The highest BCUT2D eigenvalue weighted by atomic mass is 35.5. The number of carbonyl (C=O) groups excluding carboxylic acids is 1. The Morgan fingerprint density at radius 2 is 2.14 bits per heavy atom. The van der Waals surface area contributed by atoms with E-state index in [1.165, 1.54) is 12.1 Å². The summed E-state index contributed by atoms with van der Waals surface area (Å²) in [7, 11) is 0. The Morgan fingerprint density at radius 3 is 2.71 bits per heavy atom. The highest BCUT2D eigenvalue weighted by molar-refractivity contribution is 6.29. The summed E-state index contributed by atoms with van der Waals surface area (Å²) in [6.07, 6.45) is -0.558. The van der Waals surface area contributed by atoms with Crippen molar-refractivity contribution < 1.29 is 14.5 Å². The van der Waals surface area contributed by atoms with Gasteiger partial charge in [-0.25, -0.2) is 9.78 Å². The number of alkyl carbamates (subject to hydrolysis) is 1. The van der Waals surface area contributed by atoms with Crippen molar-refractivity contribution >= 4 is 29.2 Å². The molecule has 0 bridgehead atoms. The first-order chi connectivity index (χ1) is 9.69. The van der Waals surface area contributed by atoms with Crippen LogP contribution in [0.1, 0.15) is 20.8 Å². The molecule has 1 heterocycles. The summed E-state index contributed by atoms with van der Waals surface area (Å²) in [4.78, 5) is 25.5. The average molecular weight is 317 g/mol. The fourth-order valence-corrected chi connectivity index (χ4v) is 1.51. The molecule has 0 saturated carbocycles. The second-order valence-corrected chi connectivity index (χ2v) is 5.58. The highest BCUT2D eigenvalue weighted by Crippen LogP contribution is 2.23. The fourth-order valence-electron chi connectivity index (χ4n) is 1.36. The van der Waals surface area contributed by atoms with Crippen molar-refractivity contribution in [3.63, 3.8) is 0 Å². The lowest BCUT2D eigenvalue weighted by molar-refractivity contribution is -0.384. The van der Waals surface area contributed by atoms with Crippen LogP contribution in [0.15, 0.2) is 12.1 Å². The topological polar surface area (TPSA) is 106 Å². The lowest BCUT2D eigenvalue weighted by atomic mass is 10.1. The van der Waals surface area contributed by atoms with Gasteiger partial charge in [0, 0.05) is 11.6 Å². The Morgan fingerprint density at radius 1 is 1.48 bits per heavy atom. The molecule has 1 aromatic heterocycles. The van der Waals surface area contributed by atoms with Gasteiger partial charge in [0.05, 0.1) is 11.5 Å². The van der Waals surface area contributed by atoms with Crippen LogP contribution in [0.2, 0.25) is 5.15 Å². The number of pyridine rings is 1. The van der Waals surface area contributed by atoms with Crippen LogP contribution in [0.5, 0.6) is 0 Å². The van der Waals surface area contributed by atoms with Gasteiger partial charge < -0.3 is 15.4 Å². The average Bonchev–Trinajstić information content (AvgIpc) is 2.32. The number of aromatic nitrogens is 1. The maximum absolute atomic E-state index is 11.4. The first kappa shape index (κ1) is 17.0. The number of halogens is 1. The molecule has 1 rings (SSSR count). The number of nitrogens with one attached hydrogen (secondary N) is 2. The van der Waals surface area contributed by atoms with Crippen molar-refractivity contribution in [2.75, 3.05) is 18.5 Å². The third-order valence-corrected chi connectivity index (χ3v) is 2.35. The second-order valence-electron chi connectivity index (χ2n) is 5.20. The van der Waals surface area contributed by atoms with Crippen molar-refractivity contribution in [1.29, 1.82) is 0 Å². The zero-order chi connectivity index (χ0) is 16.0. The van der Waals surface area contributed by atoms with Crippen molar-refractivity contribution in [3.8, 4) is 0 Å². The lowest BCUT2D eigenvalue weighted by Crippen LogP contribution is -2.41. The highest BCUT2D eigenvalue weighted by Gasteiger charge is 2.16. The predicted molar refractivity (Wildman–Crippen MR) is 78.6 cm³/mol. The number of anilines is 1. The summed E-state index contributed by atoms with van der Waals surface area (Å²) in [5.41, 5.74) is -0.587. The molecule has 0 aliphatic rings. The number of hydrogen-bond acceptors (Lipinski definition) is 6. The van der Waals surface area contributed by atoms with Gasteiger partial charge in [0.15, 0.2) is 0 Å². The molecule has 116 valence electrons. The summed E-state index contributed by atoms with van der Waals surface area (Å²) in [5.74, 6) is 0.0346. The van der Waals surface area contributed by atoms with Crippen molar-refractivity contribution in [1.82, 2.24) is 10.3 Å². The molecule has 2 N–H and O–H groups in total. The number of hydrogen-bond donors (Lipinski definition) is 2. The largest absolute Gasteiger partial charge is 0.448 e. The van der Waals surface area contributed by atoms with Crippen LogP contribution in [0.4, 0.5) is 16.3 Å². The maximum Gasteiger partial charge on any atom is 0.407 e. The summed E-state index contributed by atoms with van der Waals surface area (Å²) < 4.78 is 4.93. The molecule has 0 atom stereocenters. The minimum Gasteiger partial charge on any atom is -0.448 e. The molecule has 9 heteroatoms. The van der Waals surface area contributed by atoms with Crippen LogP contribution in [0.3, 0.4) is 0 Å². The van der Waals surface area contributed by atoms with E-state index in [-0.39, 0.29) is 29.8 Å². The van der Waals surface area contributed by atoms with E-state index < -0.39 is 16.6 Å². The Kier molecular flexibility index (Phi) is 5.71. The molecule has 0 aliphatic heterocycles. The van der Waals surface area contributed by atoms with Gasteiger partial charge in [0.2, 0.25) is 5.82 Å². The molecule has 0 saturated heterocycles. The van der Waals surface area contributed by atoms with Gasteiger partial charge >= 0.3 is 11.8 Å². The third kappa shape index (κ3) is 6.26. The van der Waals surface area contributed by atoms with Gasteiger partial charge in [-0.3, -0.25) is 10.1 Å². The molecule has 0 aliphatic carbocycles. The van der Waals surface area contributed by atoms with Crippen molar-refractivity contribution in [3.05, 3.63) is 27.4 Å². The van der Waals surface area contributed by atoms with Crippen LogP contribution in [-0.4, -0.2) is 34.7 Å². The number of rotatable bonds is 5. The van der Waals surface area contributed by atoms with Crippen molar-refractivity contribution in [2.45, 2.75) is 26.3 Å². The Balaban J connectivity index is 2.48. The van der Waals surface area contributed by atoms with Crippen LogP contribution < -0.4 is 10.6 Å².